The normalized spacial score (nSPS) is 26.9. The second kappa shape index (κ2) is 13.0. The number of ketones is 1. The first kappa shape index (κ1) is 27.1. The van der Waals surface area contributed by atoms with Gasteiger partial charge in [-0.15, -0.1) is 0 Å². The van der Waals surface area contributed by atoms with Crippen molar-refractivity contribution in [2.24, 2.45) is 29.6 Å². The lowest BCUT2D eigenvalue weighted by Gasteiger charge is -2.23. The number of ether oxygens (including phenoxy) is 1. The van der Waals surface area contributed by atoms with Crippen molar-refractivity contribution >= 4 is 17.4 Å². The fourth-order valence-electron chi connectivity index (χ4n) is 7.42. The Morgan fingerprint density at radius 1 is 0.868 bits per heavy atom. The van der Waals surface area contributed by atoms with E-state index in [4.69, 9.17) is 4.74 Å². The molecule has 0 radical (unpaired) electrons. The highest BCUT2D eigenvalue weighted by atomic mass is 16.5. The zero-order chi connectivity index (χ0) is 26.3. The third-order valence-electron chi connectivity index (χ3n) is 9.36. The highest BCUT2D eigenvalue weighted by Gasteiger charge is 2.50. The summed E-state index contributed by atoms with van der Waals surface area (Å²) in [6, 6.07) is 19.8. The number of hydrogen-bond donors (Lipinski definition) is 1. The van der Waals surface area contributed by atoms with E-state index in [0.29, 0.717) is 43.1 Å². The van der Waals surface area contributed by atoms with E-state index in [1.54, 1.807) is 4.90 Å². The second-order valence-electron chi connectivity index (χ2n) is 11.9. The molecule has 1 amide bonds. The first-order valence-corrected chi connectivity index (χ1v) is 14.8. The van der Waals surface area contributed by atoms with Gasteiger partial charge < -0.3 is 14.7 Å². The molecule has 38 heavy (non-hydrogen) atoms. The van der Waals surface area contributed by atoms with Gasteiger partial charge >= 0.3 is 0 Å². The minimum atomic E-state index is -0.454. The Kier molecular flexibility index (Phi) is 9.29. The van der Waals surface area contributed by atoms with Crippen LogP contribution < -0.4 is 4.90 Å². The summed E-state index contributed by atoms with van der Waals surface area (Å²) < 4.78 is 5.90. The first-order chi connectivity index (χ1) is 18.6. The minimum Gasteiger partial charge on any atom is -0.392 e. The van der Waals surface area contributed by atoms with Crippen LogP contribution in [0.15, 0.2) is 60.7 Å². The van der Waals surface area contributed by atoms with Crippen molar-refractivity contribution in [2.75, 3.05) is 18.1 Å². The van der Waals surface area contributed by atoms with E-state index >= 15 is 0 Å². The maximum absolute atomic E-state index is 13.2. The predicted molar refractivity (Wildman–Crippen MR) is 150 cm³/mol. The number of anilines is 1. The molecule has 0 spiro atoms. The van der Waals surface area contributed by atoms with Crippen molar-refractivity contribution in [1.29, 1.82) is 0 Å². The molecular formula is C33H43NO4. The van der Waals surface area contributed by atoms with Crippen molar-refractivity contribution in [2.45, 2.75) is 76.9 Å². The molecule has 2 aromatic rings. The molecule has 0 saturated heterocycles. The highest BCUT2D eigenvalue weighted by Crippen LogP contribution is 2.51. The van der Waals surface area contributed by atoms with Crippen LogP contribution in [0.5, 0.6) is 0 Å². The first-order valence-electron chi connectivity index (χ1n) is 14.8. The van der Waals surface area contributed by atoms with Crippen LogP contribution in [0.1, 0.15) is 69.8 Å². The standard InChI is InChI=1S/C33H43NO4/c35-30(16-15-24-9-7-8-10-24)33-29-20-26(19-27(29)21-31(33)36)17-18-38-23-32(37)34(28-13-5-2-6-14-28)22-25-11-3-1-4-12-25/h1-6,11-14,24,26-27,29,31,33,36H,7-10,15-23H2/t26-,27-,29+,31+,33-/m0/s1. The lowest BCUT2D eigenvalue weighted by molar-refractivity contribution is -0.127. The van der Waals surface area contributed by atoms with Gasteiger partial charge in [0.05, 0.1) is 12.6 Å². The number of fused-ring (bicyclic) bond motifs is 1. The lowest BCUT2D eigenvalue weighted by atomic mass is 9.84. The van der Waals surface area contributed by atoms with Gasteiger partial charge in [-0.05, 0) is 73.5 Å². The van der Waals surface area contributed by atoms with Gasteiger partial charge in [-0.25, -0.2) is 0 Å². The summed E-state index contributed by atoms with van der Waals surface area (Å²) in [7, 11) is 0. The Bertz CT molecular complexity index is 1040. The summed E-state index contributed by atoms with van der Waals surface area (Å²) in [6.45, 7) is 1.12. The molecule has 5 heteroatoms. The molecule has 0 heterocycles. The summed E-state index contributed by atoms with van der Waals surface area (Å²) in [6.07, 6.45) is 10.1. The number of Topliss-reactive ketones (excluding diaryl/α,β-unsaturated/α-hetero) is 1. The van der Waals surface area contributed by atoms with Crippen LogP contribution in [0.3, 0.4) is 0 Å². The van der Waals surface area contributed by atoms with Gasteiger partial charge in [0.25, 0.3) is 5.91 Å². The minimum absolute atomic E-state index is 0.0422. The molecule has 1 N–H and O–H groups in total. The van der Waals surface area contributed by atoms with Crippen LogP contribution in [0.2, 0.25) is 0 Å². The van der Waals surface area contributed by atoms with Gasteiger partial charge in [0.1, 0.15) is 12.4 Å². The van der Waals surface area contributed by atoms with Crippen molar-refractivity contribution in [3.63, 3.8) is 0 Å². The van der Waals surface area contributed by atoms with Crippen molar-refractivity contribution in [3.8, 4) is 0 Å². The van der Waals surface area contributed by atoms with Crippen LogP contribution in [-0.2, 0) is 20.9 Å². The zero-order valence-electron chi connectivity index (χ0n) is 22.5. The average molecular weight is 518 g/mol. The number of carbonyl (C=O) groups is 2. The van der Waals surface area contributed by atoms with Crippen LogP contribution in [0.25, 0.3) is 0 Å². The number of amides is 1. The number of hydrogen-bond acceptors (Lipinski definition) is 4. The fourth-order valence-corrected chi connectivity index (χ4v) is 7.42. The third-order valence-corrected chi connectivity index (χ3v) is 9.36. The predicted octanol–water partition coefficient (Wildman–Crippen LogP) is 6.19. The molecule has 204 valence electrons. The number of benzene rings is 2. The van der Waals surface area contributed by atoms with Crippen LogP contribution in [0, 0.1) is 29.6 Å². The molecule has 2 aromatic carbocycles. The van der Waals surface area contributed by atoms with Gasteiger partial charge in [-0.3, -0.25) is 9.59 Å². The molecule has 5 atom stereocenters. The average Bonchev–Trinajstić information content (AvgIpc) is 3.66. The molecule has 5 nitrogen and oxygen atoms in total. The Hall–Kier alpha value is -2.50. The van der Waals surface area contributed by atoms with Crippen molar-refractivity contribution < 1.29 is 19.4 Å². The van der Waals surface area contributed by atoms with Gasteiger partial charge in [-0.1, -0.05) is 74.2 Å². The molecule has 0 aromatic heterocycles. The number of nitrogens with zero attached hydrogens (tertiary/aromatic N) is 1. The molecule has 0 unspecified atom stereocenters. The summed E-state index contributed by atoms with van der Waals surface area (Å²) in [5.41, 5.74) is 1.95. The molecular weight excluding hydrogens is 474 g/mol. The van der Waals surface area contributed by atoms with Gasteiger partial charge in [-0.2, -0.15) is 0 Å². The number of aliphatic hydroxyl groups is 1. The Morgan fingerprint density at radius 3 is 2.32 bits per heavy atom. The Labute approximate surface area is 227 Å². The largest absolute Gasteiger partial charge is 0.392 e. The summed E-state index contributed by atoms with van der Waals surface area (Å²) in [5, 5.41) is 10.7. The Balaban J connectivity index is 1.08. The molecule has 0 bridgehead atoms. The van der Waals surface area contributed by atoms with Crippen molar-refractivity contribution in [1.82, 2.24) is 0 Å². The molecule has 3 fully saturated rings. The smallest absolute Gasteiger partial charge is 0.253 e. The quantitative estimate of drug-likeness (QED) is 0.341. The molecule has 3 aliphatic carbocycles. The number of carbonyl (C=O) groups excluding carboxylic acids is 2. The van der Waals surface area contributed by atoms with E-state index in [2.05, 4.69) is 0 Å². The zero-order valence-corrected chi connectivity index (χ0v) is 22.5. The molecule has 0 aliphatic heterocycles. The van der Waals surface area contributed by atoms with Gasteiger partial charge in [0, 0.05) is 24.6 Å². The number of para-hydroxylation sites is 1. The van der Waals surface area contributed by atoms with Crippen LogP contribution in [-0.4, -0.2) is 36.1 Å². The molecule has 5 rings (SSSR count). The lowest BCUT2D eigenvalue weighted by Crippen LogP contribution is -2.33. The summed E-state index contributed by atoms with van der Waals surface area (Å²) in [5.74, 6) is 2.11. The van der Waals surface area contributed by atoms with E-state index < -0.39 is 6.10 Å². The highest BCUT2D eigenvalue weighted by molar-refractivity contribution is 5.94. The van der Waals surface area contributed by atoms with Crippen molar-refractivity contribution in [3.05, 3.63) is 66.2 Å². The summed E-state index contributed by atoms with van der Waals surface area (Å²) >= 11 is 0. The van der Waals surface area contributed by atoms with Gasteiger partial charge in [0.2, 0.25) is 0 Å². The van der Waals surface area contributed by atoms with Gasteiger partial charge in [0.15, 0.2) is 0 Å². The van der Waals surface area contributed by atoms with E-state index in [9.17, 15) is 14.7 Å². The maximum Gasteiger partial charge on any atom is 0.253 e. The SMILES string of the molecule is O=C(CCC1CCCC1)[C@@H]1[C@@H]2C[C@@H](CCOCC(=O)N(Cc3ccccc3)c3ccccc3)C[C@H]2C[C@H]1O. The fraction of sp³-hybridized carbons (Fsp3) is 0.576. The number of rotatable bonds is 12. The molecule has 3 aliphatic rings. The van der Waals surface area contributed by atoms with E-state index in [0.717, 1.165) is 49.3 Å². The third kappa shape index (κ3) is 6.73. The monoisotopic (exact) mass is 517 g/mol. The van der Waals surface area contributed by atoms with Crippen LogP contribution in [0.4, 0.5) is 5.69 Å². The van der Waals surface area contributed by atoms with E-state index in [1.807, 2.05) is 60.7 Å². The number of aliphatic hydroxyl groups excluding tert-OH is 1. The maximum atomic E-state index is 13.2. The van der Waals surface area contributed by atoms with Crippen LogP contribution >= 0.6 is 0 Å². The molecule has 3 saturated carbocycles. The van der Waals surface area contributed by atoms with E-state index in [-0.39, 0.29) is 18.4 Å². The summed E-state index contributed by atoms with van der Waals surface area (Å²) in [4.78, 5) is 28.0. The topological polar surface area (TPSA) is 66.8 Å². The second-order valence-corrected chi connectivity index (χ2v) is 11.9. The van der Waals surface area contributed by atoms with E-state index in [1.165, 1.54) is 25.7 Å². The Morgan fingerprint density at radius 2 is 1.58 bits per heavy atom.